The molecular formula is C15H16O3. The lowest BCUT2D eigenvalue weighted by molar-refractivity contribution is 0.108. The minimum absolute atomic E-state index is 0.0208. The number of hydrogen-bond donors (Lipinski definition) is 2. The van der Waals surface area contributed by atoms with E-state index < -0.39 is 6.10 Å². The summed E-state index contributed by atoms with van der Waals surface area (Å²) in [4.78, 5) is 0. The van der Waals surface area contributed by atoms with Gasteiger partial charge >= 0.3 is 0 Å². The lowest BCUT2D eigenvalue weighted by Crippen LogP contribution is -2.09. The van der Waals surface area contributed by atoms with Gasteiger partial charge in [-0.15, -0.1) is 0 Å². The van der Waals surface area contributed by atoms with Crippen molar-refractivity contribution >= 4 is 0 Å². The summed E-state index contributed by atoms with van der Waals surface area (Å²) >= 11 is 0. The Hall–Kier alpha value is -1.84. The third-order valence-corrected chi connectivity index (χ3v) is 2.70. The van der Waals surface area contributed by atoms with Gasteiger partial charge in [0.2, 0.25) is 0 Å². The maximum atomic E-state index is 9.92. The first-order valence-electron chi connectivity index (χ1n) is 5.85. The molecule has 2 aromatic rings. The molecule has 0 aliphatic carbocycles. The Bertz CT molecular complexity index is 465. The van der Waals surface area contributed by atoms with E-state index in [1.165, 1.54) is 0 Å². The second kappa shape index (κ2) is 6.19. The molecule has 0 aromatic heterocycles. The van der Waals surface area contributed by atoms with Gasteiger partial charge in [-0.05, 0) is 23.3 Å². The van der Waals surface area contributed by atoms with Gasteiger partial charge in [-0.3, -0.25) is 0 Å². The lowest BCUT2D eigenvalue weighted by atomic mass is 10.1. The zero-order valence-electron chi connectivity index (χ0n) is 9.99. The van der Waals surface area contributed by atoms with Crippen LogP contribution < -0.4 is 4.74 Å². The number of rotatable bonds is 5. The Balaban J connectivity index is 1.91. The molecule has 0 radical (unpaired) electrons. The van der Waals surface area contributed by atoms with Gasteiger partial charge in [0.15, 0.2) is 0 Å². The molecule has 0 aliphatic rings. The Morgan fingerprint density at radius 2 is 1.61 bits per heavy atom. The fraction of sp³-hybridized carbons (Fsp3) is 0.200. The minimum atomic E-state index is -0.635. The molecule has 0 fully saturated rings. The minimum Gasteiger partial charge on any atom is -0.491 e. The molecule has 0 amide bonds. The highest BCUT2D eigenvalue weighted by atomic mass is 16.5. The highest BCUT2D eigenvalue weighted by molar-refractivity contribution is 5.27. The highest BCUT2D eigenvalue weighted by Crippen LogP contribution is 2.16. The normalized spacial score (nSPS) is 12.1. The third-order valence-electron chi connectivity index (χ3n) is 2.70. The summed E-state index contributed by atoms with van der Waals surface area (Å²) in [5.41, 5.74) is 1.68. The number of ether oxygens (including phenoxy) is 1. The van der Waals surface area contributed by atoms with Crippen LogP contribution in [0.25, 0.3) is 0 Å². The Morgan fingerprint density at radius 3 is 2.22 bits per heavy atom. The van der Waals surface area contributed by atoms with Crippen molar-refractivity contribution in [3.05, 3.63) is 65.7 Å². The van der Waals surface area contributed by atoms with Crippen LogP contribution >= 0.6 is 0 Å². The van der Waals surface area contributed by atoms with Gasteiger partial charge in [0, 0.05) is 0 Å². The summed E-state index contributed by atoms with van der Waals surface area (Å²) in [6.07, 6.45) is -0.635. The first-order valence-corrected chi connectivity index (χ1v) is 5.85. The predicted octanol–water partition coefficient (Wildman–Crippen LogP) is 2.29. The third kappa shape index (κ3) is 3.32. The summed E-state index contributed by atoms with van der Waals surface area (Å²) < 4.78 is 5.49. The van der Waals surface area contributed by atoms with Crippen molar-refractivity contribution in [2.45, 2.75) is 12.7 Å². The maximum absolute atomic E-state index is 9.92. The molecule has 2 aromatic carbocycles. The molecule has 0 saturated carbocycles. The topological polar surface area (TPSA) is 49.7 Å². The van der Waals surface area contributed by atoms with E-state index in [2.05, 4.69) is 0 Å². The molecule has 1 unspecified atom stereocenters. The van der Waals surface area contributed by atoms with Crippen LogP contribution in [0, 0.1) is 0 Å². The zero-order chi connectivity index (χ0) is 12.8. The Morgan fingerprint density at radius 1 is 0.944 bits per heavy atom. The standard InChI is InChI=1S/C15H16O3/c16-10-12-6-8-14(9-7-12)18-11-15(17)13-4-2-1-3-5-13/h1-9,15-17H,10-11H2. The van der Waals surface area contributed by atoms with Crippen molar-refractivity contribution in [3.8, 4) is 5.75 Å². The lowest BCUT2D eigenvalue weighted by Gasteiger charge is -2.12. The molecule has 0 saturated heterocycles. The van der Waals surface area contributed by atoms with Crippen LogP contribution in [0.15, 0.2) is 54.6 Å². The molecule has 3 nitrogen and oxygen atoms in total. The van der Waals surface area contributed by atoms with Crippen molar-refractivity contribution in [3.63, 3.8) is 0 Å². The van der Waals surface area contributed by atoms with Crippen molar-refractivity contribution in [1.29, 1.82) is 0 Å². The number of benzene rings is 2. The van der Waals surface area contributed by atoms with Gasteiger partial charge in [0.1, 0.15) is 18.5 Å². The first kappa shape index (κ1) is 12.6. The van der Waals surface area contributed by atoms with E-state index in [9.17, 15) is 5.11 Å². The molecule has 94 valence electrons. The monoisotopic (exact) mass is 244 g/mol. The van der Waals surface area contributed by atoms with Crippen LogP contribution in [0.5, 0.6) is 5.75 Å². The predicted molar refractivity (Wildman–Crippen MR) is 69.3 cm³/mol. The van der Waals surface area contributed by atoms with Gasteiger partial charge in [-0.2, -0.15) is 0 Å². The summed E-state index contributed by atoms with van der Waals surface area (Å²) in [5, 5.41) is 18.8. The molecule has 0 bridgehead atoms. The van der Waals surface area contributed by atoms with Crippen molar-refractivity contribution in [1.82, 2.24) is 0 Å². The second-order valence-corrected chi connectivity index (χ2v) is 4.04. The SMILES string of the molecule is OCc1ccc(OCC(O)c2ccccc2)cc1. The second-order valence-electron chi connectivity index (χ2n) is 4.04. The number of hydrogen-bond acceptors (Lipinski definition) is 3. The number of aliphatic hydroxyl groups excluding tert-OH is 2. The molecule has 18 heavy (non-hydrogen) atoms. The highest BCUT2D eigenvalue weighted by Gasteiger charge is 2.07. The van der Waals surface area contributed by atoms with E-state index in [1.54, 1.807) is 24.3 Å². The molecule has 3 heteroatoms. The van der Waals surface area contributed by atoms with Crippen LogP contribution in [0.2, 0.25) is 0 Å². The Labute approximate surface area is 106 Å². The van der Waals surface area contributed by atoms with Crippen molar-refractivity contribution < 1.29 is 14.9 Å². The average molecular weight is 244 g/mol. The zero-order valence-corrected chi connectivity index (χ0v) is 9.99. The first-order chi connectivity index (χ1) is 8.79. The van der Waals surface area contributed by atoms with E-state index in [4.69, 9.17) is 9.84 Å². The van der Waals surface area contributed by atoms with Crippen molar-refractivity contribution in [2.24, 2.45) is 0 Å². The van der Waals surface area contributed by atoms with Gasteiger partial charge in [-0.25, -0.2) is 0 Å². The molecular weight excluding hydrogens is 228 g/mol. The van der Waals surface area contributed by atoms with E-state index in [0.717, 1.165) is 11.1 Å². The Kier molecular flexibility index (Phi) is 4.34. The van der Waals surface area contributed by atoms with E-state index in [0.29, 0.717) is 5.75 Å². The average Bonchev–Trinajstić information content (AvgIpc) is 2.46. The van der Waals surface area contributed by atoms with Gasteiger partial charge in [0.25, 0.3) is 0 Å². The van der Waals surface area contributed by atoms with E-state index in [1.807, 2.05) is 30.3 Å². The van der Waals surface area contributed by atoms with E-state index in [-0.39, 0.29) is 13.2 Å². The largest absolute Gasteiger partial charge is 0.491 e. The van der Waals surface area contributed by atoms with Crippen LogP contribution in [0.3, 0.4) is 0 Å². The summed E-state index contributed by atoms with van der Waals surface area (Å²) in [6, 6.07) is 16.6. The molecule has 2 N–H and O–H groups in total. The fourth-order valence-corrected chi connectivity index (χ4v) is 1.64. The van der Waals surface area contributed by atoms with Crippen molar-refractivity contribution in [2.75, 3.05) is 6.61 Å². The van der Waals surface area contributed by atoms with Crippen LogP contribution in [0.1, 0.15) is 17.2 Å². The fourth-order valence-electron chi connectivity index (χ4n) is 1.64. The molecule has 1 atom stereocenters. The van der Waals surface area contributed by atoms with Crippen LogP contribution in [-0.4, -0.2) is 16.8 Å². The summed E-state index contributed by atoms with van der Waals surface area (Å²) in [5.74, 6) is 0.683. The van der Waals surface area contributed by atoms with Gasteiger partial charge < -0.3 is 14.9 Å². The summed E-state index contributed by atoms with van der Waals surface area (Å²) in [7, 11) is 0. The van der Waals surface area contributed by atoms with E-state index >= 15 is 0 Å². The number of aliphatic hydroxyl groups is 2. The van der Waals surface area contributed by atoms with Crippen LogP contribution in [0.4, 0.5) is 0 Å². The smallest absolute Gasteiger partial charge is 0.119 e. The molecule has 0 spiro atoms. The van der Waals surface area contributed by atoms with Crippen LogP contribution in [-0.2, 0) is 6.61 Å². The molecule has 0 aliphatic heterocycles. The summed E-state index contributed by atoms with van der Waals surface area (Å²) in [6.45, 7) is 0.232. The van der Waals surface area contributed by atoms with Gasteiger partial charge in [0.05, 0.1) is 6.61 Å². The molecule has 2 rings (SSSR count). The molecule has 0 heterocycles. The maximum Gasteiger partial charge on any atom is 0.119 e. The quantitative estimate of drug-likeness (QED) is 0.848. The van der Waals surface area contributed by atoms with Gasteiger partial charge in [-0.1, -0.05) is 42.5 Å².